The van der Waals surface area contributed by atoms with Gasteiger partial charge in [-0.25, -0.2) is 9.97 Å². The van der Waals surface area contributed by atoms with Crippen molar-refractivity contribution in [1.82, 2.24) is 19.5 Å². The van der Waals surface area contributed by atoms with E-state index in [-0.39, 0.29) is 5.92 Å². The largest absolute Gasteiger partial charge is 0.359 e. The molecule has 6 heteroatoms. The van der Waals surface area contributed by atoms with Crippen LogP contribution in [-0.4, -0.2) is 33.1 Å². The zero-order valence-corrected chi connectivity index (χ0v) is 21.7. The Morgan fingerprint density at radius 1 is 0.972 bits per heavy atom. The number of benzene rings is 2. The van der Waals surface area contributed by atoms with Crippen LogP contribution >= 0.6 is 11.6 Å². The minimum Gasteiger partial charge on any atom is -0.359 e. The van der Waals surface area contributed by atoms with E-state index in [2.05, 4.69) is 75.9 Å². The van der Waals surface area contributed by atoms with Gasteiger partial charge in [-0.1, -0.05) is 61.3 Å². The average molecular weight is 496 g/mol. The molecular weight excluding hydrogens is 466 g/mol. The van der Waals surface area contributed by atoms with Crippen LogP contribution in [0, 0.1) is 0 Å². The predicted octanol–water partition coefficient (Wildman–Crippen LogP) is 7.10. The van der Waals surface area contributed by atoms with Crippen LogP contribution in [0.15, 0.2) is 85.6 Å². The fraction of sp³-hybridized carbons (Fsp3) is 0.233. The Balaban J connectivity index is 1.72. The predicted molar refractivity (Wildman–Crippen MR) is 149 cm³/mol. The number of aryl methyl sites for hydroxylation is 1. The van der Waals surface area contributed by atoms with Gasteiger partial charge in [0.1, 0.15) is 5.82 Å². The van der Waals surface area contributed by atoms with Crippen LogP contribution in [0.1, 0.15) is 42.5 Å². The van der Waals surface area contributed by atoms with Crippen LogP contribution in [0.3, 0.4) is 0 Å². The van der Waals surface area contributed by atoms with Crippen LogP contribution in [0.25, 0.3) is 22.0 Å². The van der Waals surface area contributed by atoms with Gasteiger partial charge in [0, 0.05) is 55.9 Å². The molecule has 0 spiro atoms. The Morgan fingerprint density at radius 3 is 2.44 bits per heavy atom. The molecule has 5 nitrogen and oxygen atoms in total. The number of pyridine rings is 2. The zero-order chi connectivity index (χ0) is 25.1. The van der Waals surface area contributed by atoms with Crippen LogP contribution < -0.4 is 4.90 Å². The molecule has 0 fully saturated rings. The number of fused-ring (bicyclic) bond motifs is 1. The summed E-state index contributed by atoms with van der Waals surface area (Å²) in [7, 11) is 4.13. The third-order valence-electron chi connectivity index (χ3n) is 6.72. The summed E-state index contributed by atoms with van der Waals surface area (Å²) >= 11 is 7.24. The van der Waals surface area contributed by atoms with E-state index in [9.17, 15) is 0 Å². The summed E-state index contributed by atoms with van der Waals surface area (Å²) in [4.78, 5) is 16.0. The van der Waals surface area contributed by atoms with Gasteiger partial charge in [-0.15, -0.1) is 0 Å². The molecule has 3 heterocycles. The summed E-state index contributed by atoms with van der Waals surface area (Å²) in [6.45, 7) is 3.13. The van der Waals surface area contributed by atoms with E-state index in [1.165, 1.54) is 0 Å². The Bertz CT molecular complexity index is 1460. The number of anilines is 1. The molecule has 0 bridgehead atoms. The lowest BCUT2D eigenvalue weighted by Crippen LogP contribution is -2.20. The maximum atomic E-state index is 7.24. The molecule has 2 aromatic carbocycles. The molecule has 0 saturated heterocycles. The van der Waals surface area contributed by atoms with Crippen LogP contribution in [0.2, 0.25) is 5.02 Å². The lowest BCUT2D eigenvalue weighted by molar-refractivity contribution is 0.761. The number of rotatable bonds is 8. The molecular formula is C30H30ClN5. The number of nitrogens with zero attached hydrogens (tertiary/aromatic N) is 5. The standard InChI is InChI=1S/C30H30ClN5/c1-4-5-17-35(2)30-28(21-9-7-6-8-10-21)29(31)24-18-23(11-12-25(24)34-30)27(22-13-15-32-16-14-22)26-19-33-20-36(26)3/h6-16,18-20,27H,4-5,17H2,1-3H3. The van der Waals surface area contributed by atoms with Crippen LogP contribution in [-0.2, 0) is 7.05 Å². The number of unbranched alkanes of at least 4 members (excludes halogenated alkanes) is 1. The summed E-state index contributed by atoms with van der Waals surface area (Å²) in [5.41, 5.74) is 6.31. The van der Waals surface area contributed by atoms with Crippen molar-refractivity contribution >= 4 is 28.3 Å². The van der Waals surface area contributed by atoms with Gasteiger partial charge in [0.2, 0.25) is 0 Å². The summed E-state index contributed by atoms with van der Waals surface area (Å²) < 4.78 is 2.07. The topological polar surface area (TPSA) is 46.8 Å². The molecule has 36 heavy (non-hydrogen) atoms. The molecule has 0 amide bonds. The van der Waals surface area contributed by atoms with Gasteiger partial charge >= 0.3 is 0 Å². The summed E-state index contributed by atoms with van der Waals surface area (Å²) in [6, 6.07) is 20.9. The van der Waals surface area contributed by atoms with Crippen LogP contribution in [0.4, 0.5) is 5.82 Å². The van der Waals surface area contributed by atoms with E-state index in [1.54, 1.807) is 0 Å². The molecule has 182 valence electrons. The van der Waals surface area contributed by atoms with Crippen molar-refractivity contribution in [2.75, 3.05) is 18.5 Å². The SMILES string of the molecule is CCCCN(C)c1nc2ccc(C(c3ccncc3)c3cncn3C)cc2c(Cl)c1-c1ccccc1. The van der Waals surface area contributed by atoms with Crippen molar-refractivity contribution in [1.29, 1.82) is 0 Å². The fourth-order valence-electron chi connectivity index (χ4n) is 4.78. The molecule has 1 unspecified atom stereocenters. The minimum absolute atomic E-state index is 0.00644. The first-order chi connectivity index (χ1) is 17.6. The van der Waals surface area contributed by atoms with Crippen molar-refractivity contribution in [2.24, 2.45) is 7.05 Å². The van der Waals surface area contributed by atoms with Crippen molar-refractivity contribution in [3.8, 4) is 11.1 Å². The maximum absolute atomic E-state index is 7.24. The van der Waals surface area contributed by atoms with E-state index in [0.29, 0.717) is 0 Å². The number of halogens is 1. The first-order valence-electron chi connectivity index (χ1n) is 12.3. The summed E-state index contributed by atoms with van der Waals surface area (Å²) in [5.74, 6) is 0.908. The maximum Gasteiger partial charge on any atom is 0.138 e. The van der Waals surface area contributed by atoms with Gasteiger partial charge in [-0.05, 0) is 47.4 Å². The molecule has 3 aromatic heterocycles. The monoisotopic (exact) mass is 495 g/mol. The number of hydrogen-bond acceptors (Lipinski definition) is 4. The first kappa shape index (κ1) is 24.0. The lowest BCUT2D eigenvalue weighted by Gasteiger charge is -2.24. The van der Waals surface area contributed by atoms with Crippen LogP contribution in [0.5, 0.6) is 0 Å². The molecule has 0 aliphatic heterocycles. The molecule has 5 aromatic rings. The van der Waals surface area contributed by atoms with E-state index < -0.39 is 0 Å². The Kier molecular flexibility index (Phi) is 7.01. The van der Waals surface area contributed by atoms with Crippen molar-refractivity contribution < 1.29 is 0 Å². The second-order valence-corrected chi connectivity index (χ2v) is 9.56. The van der Waals surface area contributed by atoms with Crippen molar-refractivity contribution in [3.63, 3.8) is 0 Å². The molecule has 0 N–H and O–H groups in total. The highest BCUT2D eigenvalue weighted by Crippen LogP contribution is 2.42. The van der Waals surface area contributed by atoms with E-state index in [1.807, 2.05) is 50.2 Å². The molecule has 1 atom stereocenters. The Morgan fingerprint density at radius 2 is 1.75 bits per heavy atom. The number of aromatic nitrogens is 4. The van der Waals surface area contributed by atoms with Crippen molar-refractivity contribution in [3.05, 3.63) is 107 Å². The van der Waals surface area contributed by atoms with E-state index in [0.717, 1.165) is 69.1 Å². The minimum atomic E-state index is -0.00644. The fourth-order valence-corrected chi connectivity index (χ4v) is 5.13. The number of imidazole rings is 1. The van der Waals surface area contributed by atoms with E-state index in [4.69, 9.17) is 16.6 Å². The second-order valence-electron chi connectivity index (χ2n) is 9.19. The first-order valence-corrected chi connectivity index (χ1v) is 12.7. The summed E-state index contributed by atoms with van der Waals surface area (Å²) in [6.07, 6.45) is 9.65. The van der Waals surface area contributed by atoms with Crippen molar-refractivity contribution in [2.45, 2.75) is 25.7 Å². The van der Waals surface area contributed by atoms with Gasteiger partial charge < -0.3 is 9.47 Å². The van der Waals surface area contributed by atoms with Gasteiger partial charge in [-0.2, -0.15) is 0 Å². The molecule has 0 saturated carbocycles. The summed E-state index contributed by atoms with van der Waals surface area (Å²) in [5, 5.41) is 1.67. The smallest absolute Gasteiger partial charge is 0.138 e. The highest BCUT2D eigenvalue weighted by atomic mass is 35.5. The van der Waals surface area contributed by atoms with E-state index >= 15 is 0 Å². The Labute approximate surface area is 217 Å². The highest BCUT2D eigenvalue weighted by Gasteiger charge is 2.23. The average Bonchev–Trinajstić information content (AvgIpc) is 3.33. The zero-order valence-electron chi connectivity index (χ0n) is 20.9. The molecule has 0 aliphatic carbocycles. The number of hydrogen-bond donors (Lipinski definition) is 0. The van der Waals surface area contributed by atoms with Gasteiger partial charge in [0.05, 0.1) is 22.8 Å². The van der Waals surface area contributed by atoms with Gasteiger partial charge in [0.15, 0.2) is 0 Å². The normalized spacial score (nSPS) is 12.1. The molecule has 0 aliphatic rings. The third-order valence-corrected chi connectivity index (χ3v) is 7.11. The third kappa shape index (κ3) is 4.59. The quantitative estimate of drug-likeness (QED) is 0.230. The highest BCUT2D eigenvalue weighted by molar-refractivity contribution is 6.38. The molecule has 5 rings (SSSR count). The Hall–Kier alpha value is -3.70. The van der Waals surface area contributed by atoms with Gasteiger partial charge in [-0.3, -0.25) is 4.98 Å². The lowest BCUT2D eigenvalue weighted by atomic mass is 9.88. The second kappa shape index (κ2) is 10.5. The molecule has 0 radical (unpaired) electrons. The van der Waals surface area contributed by atoms with Gasteiger partial charge in [0.25, 0.3) is 0 Å².